The molecule has 0 aromatic heterocycles. The second kappa shape index (κ2) is 7.38. The summed E-state index contributed by atoms with van der Waals surface area (Å²) < 4.78 is 13.8. The Morgan fingerprint density at radius 3 is 2.48 bits per heavy atom. The molecule has 0 spiro atoms. The maximum atomic E-state index is 13.8. The number of carbonyl (C=O) groups is 1. The Labute approximate surface area is 136 Å². The molecule has 3 rings (SSSR count). The summed E-state index contributed by atoms with van der Waals surface area (Å²) in [7, 11) is 0. The van der Waals surface area contributed by atoms with Crippen LogP contribution >= 0.6 is 0 Å². The van der Waals surface area contributed by atoms with E-state index >= 15 is 0 Å². The fourth-order valence-electron chi connectivity index (χ4n) is 2.67. The lowest BCUT2D eigenvalue weighted by Crippen LogP contribution is -2.30. The average Bonchev–Trinajstić information content (AvgIpc) is 3.39. The van der Waals surface area contributed by atoms with Crippen molar-refractivity contribution in [3.8, 4) is 0 Å². The molecule has 120 valence electrons. The number of anilines is 1. The quantitative estimate of drug-likeness (QED) is 0.843. The van der Waals surface area contributed by atoms with E-state index in [4.69, 9.17) is 0 Å². The number of hydrogen-bond acceptors (Lipinski definition) is 2. The minimum Gasteiger partial charge on any atom is -0.326 e. The Kier molecular flexibility index (Phi) is 5.03. The second-order valence-electron chi connectivity index (χ2n) is 5.96. The van der Waals surface area contributed by atoms with Gasteiger partial charge in [0.1, 0.15) is 5.82 Å². The molecule has 1 saturated carbocycles. The molecule has 1 aliphatic rings. The summed E-state index contributed by atoms with van der Waals surface area (Å²) in [6, 6.07) is 16.8. The predicted molar refractivity (Wildman–Crippen MR) is 89.5 cm³/mol. The van der Waals surface area contributed by atoms with Gasteiger partial charge in [-0.3, -0.25) is 9.69 Å². The van der Waals surface area contributed by atoms with Crippen molar-refractivity contribution in [2.24, 2.45) is 0 Å². The van der Waals surface area contributed by atoms with Crippen LogP contribution in [0.2, 0.25) is 0 Å². The van der Waals surface area contributed by atoms with Gasteiger partial charge in [0.25, 0.3) is 0 Å². The Morgan fingerprint density at radius 1 is 1.09 bits per heavy atom. The van der Waals surface area contributed by atoms with Crippen molar-refractivity contribution in [2.75, 3.05) is 11.9 Å². The first-order chi connectivity index (χ1) is 11.2. The zero-order valence-electron chi connectivity index (χ0n) is 13.0. The summed E-state index contributed by atoms with van der Waals surface area (Å²) in [4.78, 5) is 14.3. The zero-order chi connectivity index (χ0) is 16.1. The van der Waals surface area contributed by atoms with Crippen molar-refractivity contribution in [3.63, 3.8) is 0 Å². The molecule has 0 radical (unpaired) electrons. The van der Waals surface area contributed by atoms with Gasteiger partial charge in [0.15, 0.2) is 0 Å². The Morgan fingerprint density at radius 2 is 1.78 bits per heavy atom. The van der Waals surface area contributed by atoms with Crippen molar-refractivity contribution in [2.45, 2.75) is 31.8 Å². The second-order valence-corrected chi connectivity index (χ2v) is 5.96. The molecule has 4 heteroatoms. The van der Waals surface area contributed by atoms with Crippen LogP contribution in [-0.2, 0) is 11.3 Å². The molecule has 1 fully saturated rings. The van der Waals surface area contributed by atoms with Crippen molar-refractivity contribution in [1.29, 1.82) is 0 Å². The fourth-order valence-corrected chi connectivity index (χ4v) is 2.67. The minimum atomic E-state index is -0.174. The first-order valence-corrected chi connectivity index (χ1v) is 8.05. The lowest BCUT2D eigenvalue weighted by Gasteiger charge is -2.22. The number of para-hydroxylation sites is 1. The number of rotatable bonds is 7. The van der Waals surface area contributed by atoms with Gasteiger partial charge >= 0.3 is 0 Å². The molecule has 0 heterocycles. The Hall–Kier alpha value is -2.20. The third kappa shape index (κ3) is 4.63. The molecule has 0 bridgehead atoms. The van der Waals surface area contributed by atoms with Gasteiger partial charge in [-0.15, -0.1) is 0 Å². The molecular formula is C19H21FN2O. The molecule has 0 unspecified atom stereocenters. The van der Waals surface area contributed by atoms with Gasteiger partial charge < -0.3 is 5.32 Å². The molecule has 1 N–H and O–H groups in total. The summed E-state index contributed by atoms with van der Waals surface area (Å²) in [5.74, 6) is -0.178. The Bertz CT molecular complexity index is 655. The average molecular weight is 312 g/mol. The third-order valence-corrected chi connectivity index (χ3v) is 4.08. The summed E-state index contributed by atoms with van der Waals surface area (Å²) >= 11 is 0. The van der Waals surface area contributed by atoms with Gasteiger partial charge in [0, 0.05) is 36.8 Å². The highest BCUT2D eigenvalue weighted by atomic mass is 19.1. The normalized spacial score (nSPS) is 14.0. The van der Waals surface area contributed by atoms with E-state index in [0.717, 1.165) is 18.5 Å². The van der Waals surface area contributed by atoms with Gasteiger partial charge in [-0.05, 0) is 31.0 Å². The van der Waals surface area contributed by atoms with Gasteiger partial charge in [-0.1, -0.05) is 36.4 Å². The maximum absolute atomic E-state index is 13.8. The molecule has 0 saturated heterocycles. The van der Waals surface area contributed by atoms with Crippen LogP contribution in [0.5, 0.6) is 0 Å². The van der Waals surface area contributed by atoms with Gasteiger partial charge in [0.2, 0.25) is 5.91 Å². The topological polar surface area (TPSA) is 32.3 Å². The predicted octanol–water partition coefficient (Wildman–Crippen LogP) is 3.82. The van der Waals surface area contributed by atoms with Crippen molar-refractivity contribution >= 4 is 11.6 Å². The van der Waals surface area contributed by atoms with E-state index in [1.807, 2.05) is 42.5 Å². The Balaban J connectivity index is 1.54. The number of nitrogens with one attached hydrogen (secondary N) is 1. The van der Waals surface area contributed by atoms with Crippen LogP contribution in [0.3, 0.4) is 0 Å². The number of halogens is 1. The molecule has 2 aromatic carbocycles. The highest BCUT2D eigenvalue weighted by molar-refractivity contribution is 5.90. The molecule has 1 aliphatic carbocycles. The highest BCUT2D eigenvalue weighted by Gasteiger charge is 2.29. The van der Waals surface area contributed by atoms with E-state index in [1.54, 1.807) is 6.07 Å². The largest absolute Gasteiger partial charge is 0.326 e. The van der Waals surface area contributed by atoms with E-state index in [0.29, 0.717) is 31.1 Å². The summed E-state index contributed by atoms with van der Waals surface area (Å²) in [6.45, 7) is 1.22. The molecular weight excluding hydrogens is 291 g/mol. The van der Waals surface area contributed by atoms with Crippen LogP contribution in [0.25, 0.3) is 0 Å². The molecule has 0 atom stereocenters. The third-order valence-electron chi connectivity index (χ3n) is 4.08. The van der Waals surface area contributed by atoms with E-state index in [2.05, 4.69) is 10.2 Å². The molecule has 2 aromatic rings. The van der Waals surface area contributed by atoms with Crippen LogP contribution in [0.15, 0.2) is 54.6 Å². The van der Waals surface area contributed by atoms with Crippen LogP contribution in [-0.4, -0.2) is 23.4 Å². The maximum Gasteiger partial charge on any atom is 0.225 e. The lowest BCUT2D eigenvalue weighted by atomic mass is 10.2. The first-order valence-electron chi connectivity index (χ1n) is 8.05. The van der Waals surface area contributed by atoms with Crippen LogP contribution < -0.4 is 5.32 Å². The van der Waals surface area contributed by atoms with Gasteiger partial charge in [0.05, 0.1) is 0 Å². The number of amides is 1. The monoisotopic (exact) mass is 312 g/mol. The van der Waals surface area contributed by atoms with E-state index in [9.17, 15) is 9.18 Å². The zero-order valence-corrected chi connectivity index (χ0v) is 13.0. The number of carbonyl (C=O) groups excluding carboxylic acids is 1. The van der Waals surface area contributed by atoms with Crippen molar-refractivity contribution in [3.05, 3.63) is 66.0 Å². The van der Waals surface area contributed by atoms with Gasteiger partial charge in [-0.2, -0.15) is 0 Å². The van der Waals surface area contributed by atoms with E-state index in [-0.39, 0.29) is 11.7 Å². The van der Waals surface area contributed by atoms with Crippen LogP contribution in [0, 0.1) is 5.82 Å². The summed E-state index contributed by atoms with van der Waals surface area (Å²) in [5.41, 5.74) is 1.51. The van der Waals surface area contributed by atoms with E-state index in [1.165, 1.54) is 6.07 Å². The summed E-state index contributed by atoms with van der Waals surface area (Å²) in [6.07, 6.45) is 2.68. The molecule has 0 aliphatic heterocycles. The summed E-state index contributed by atoms with van der Waals surface area (Å²) in [5, 5.41) is 2.89. The van der Waals surface area contributed by atoms with Crippen molar-refractivity contribution in [1.82, 2.24) is 4.90 Å². The number of benzene rings is 2. The van der Waals surface area contributed by atoms with Crippen LogP contribution in [0.4, 0.5) is 10.1 Å². The highest BCUT2D eigenvalue weighted by Crippen LogP contribution is 2.28. The molecule has 23 heavy (non-hydrogen) atoms. The first kappa shape index (κ1) is 15.7. The number of nitrogens with zero attached hydrogens (tertiary/aromatic N) is 1. The SMILES string of the molecule is O=C(CCN(Cc1ccccc1F)C1CC1)Nc1ccccc1. The molecule has 1 amide bonds. The molecule has 3 nitrogen and oxygen atoms in total. The smallest absolute Gasteiger partial charge is 0.225 e. The standard InChI is InChI=1S/C19H21FN2O/c20-18-9-5-4-6-15(18)14-22(17-10-11-17)13-12-19(23)21-16-7-2-1-3-8-16/h1-9,17H,10-14H2,(H,21,23). The fraction of sp³-hybridized carbons (Fsp3) is 0.316. The van der Waals surface area contributed by atoms with Crippen LogP contribution in [0.1, 0.15) is 24.8 Å². The van der Waals surface area contributed by atoms with Gasteiger partial charge in [-0.25, -0.2) is 4.39 Å². The lowest BCUT2D eigenvalue weighted by molar-refractivity contribution is -0.116. The van der Waals surface area contributed by atoms with E-state index < -0.39 is 0 Å². The van der Waals surface area contributed by atoms with Crippen molar-refractivity contribution < 1.29 is 9.18 Å². The minimum absolute atomic E-state index is 0.00427. The number of hydrogen-bond donors (Lipinski definition) is 1.